The number of thioether (sulfide) groups is 1. The Balaban J connectivity index is 1.51. The van der Waals surface area contributed by atoms with E-state index >= 15 is 0 Å². The number of hydrogen-bond donors (Lipinski definition) is 1. The van der Waals surface area contributed by atoms with Gasteiger partial charge < -0.3 is 4.90 Å². The minimum absolute atomic E-state index is 0.0885. The molecule has 3 rings (SSSR count). The van der Waals surface area contributed by atoms with E-state index in [2.05, 4.69) is 0 Å². The van der Waals surface area contributed by atoms with Gasteiger partial charge in [0.05, 0.1) is 37.6 Å². The van der Waals surface area contributed by atoms with Crippen LogP contribution in [0.3, 0.4) is 0 Å². The fourth-order valence-electron chi connectivity index (χ4n) is 3.17. The number of benzene rings is 2. The van der Waals surface area contributed by atoms with E-state index in [-0.39, 0.29) is 16.5 Å². The Labute approximate surface area is 169 Å². The highest BCUT2D eigenvalue weighted by atomic mass is 32.2. The fourth-order valence-corrected chi connectivity index (χ4v) is 5.60. The molecule has 150 valence electrons. The number of carbonyl (C=O) groups is 1. The van der Waals surface area contributed by atoms with Gasteiger partial charge in [-0.15, -0.1) is 11.8 Å². The molecule has 1 aliphatic heterocycles. The summed E-state index contributed by atoms with van der Waals surface area (Å²) in [4.78, 5) is 13.5. The second-order valence-corrected chi connectivity index (χ2v) is 9.84. The van der Waals surface area contributed by atoms with Crippen molar-refractivity contribution in [1.29, 1.82) is 0 Å². The lowest BCUT2D eigenvalue weighted by Gasteiger charge is -2.31. The molecule has 0 bridgehead atoms. The summed E-state index contributed by atoms with van der Waals surface area (Å²) < 4.78 is 40.7. The highest BCUT2D eigenvalue weighted by Gasteiger charge is 2.30. The maximum atomic E-state index is 13.6. The average molecular weight is 424 g/mol. The zero-order valence-electron chi connectivity index (χ0n) is 15.7. The molecule has 0 amide bonds. The lowest BCUT2D eigenvalue weighted by atomic mass is 10.2. The van der Waals surface area contributed by atoms with Gasteiger partial charge in [0.15, 0.2) is 5.78 Å². The van der Waals surface area contributed by atoms with Crippen molar-refractivity contribution < 1.29 is 22.5 Å². The molecule has 1 aliphatic rings. The van der Waals surface area contributed by atoms with Crippen LogP contribution in [0.2, 0.25) is 0 Å². The second-order valence-electron chi connectivity index (χ2n) is 6.76. The SMILES string of the molecule is CC(=O)c1ccc(S(=O)(=O)N2CC[NH+](CCSc3ccccc3F)CC2)cc1. The number of nitrogens with one attached hydrogen (secondary N) is 1. The molecule has 0 unspecified atom stereocenters. The lowest BCUT2D eigenvalue weighted by molar-refractivity contribution is -0.901. The number of carbonyl (C=O) groups excluding carboxylic acids is 1. The van der Waals surface area contributed by atoms with Gasteiger partial charge in [0, 0.05) is 16.2 Å². The first-order valence-electron chi connectivity index (χ1n) is 9.20. The Bertz CT molecular complexity index is 925. The minimum Gasteiger partial charge on any atom is -0.332 e. The molecule has 2 aromatic carbocycles. The van der Waals surface area contributed by atoms with Gasteiger partial charge in [-0.3, -0.25) is 4.79 Å². The van der Waals surface area contributed by atoms with Gasteiger partial charge in [-0.25, -0.2) is 12.8 Å². The van der Waals surface area contributed by atoms with E-state index in [0.717, 1.165) is 25.4 Å². The van der Waals surface area contributed by atoms with Gasteiger partial charge in [-0.1, -0.05) is 24.3 Å². The summed E-state index contributed by atoms with van der Waals surface area (Å²) in [5.41, 5.74) is 0.501. The molecule has 1 fully saturated rings. The van der Waals surface area contributed by atoms with E-state index in [9.17, 15) is 17.6 Å². The fraction of sp³-hybridized carbons (Fsp3) is 0.350. The molecule has 0 spiro atoms. The van der Waals surface area contributed by atoms with Crippen molar-refractivity contribution in [3.05, 3.63) is 59.9 Å². The third kappa shape index (κ3) is 5.00. The number of Topliss-reactive ketones (excluding diaryl/α,β-unsaturated/α-hetero) is 1. The summed E-state index contributed by atoms with van der Waals surface area (Å²) in [6.45, 7) is 4.67. The number of hydrogen-bond acceptors (Lipinski definition) is 4. The Morgan fingerprint density at radius 2 is 1.75 bits per heavy atom. The number of piperazine rings is 1. The van der Waals surface area contributed by atoms with Crippen molar-refractivity contribution >= 4 is 27.6 Å². The van der Waals surface area contributed by atoms with Crippen LogP contribution in [0.15, 0.2) is 58.3 Å². The first kappa shape index (κ1) is 21.0. The van der Waals surface area contributed by atoms with Crippen molar-refractivity contribution in [3.8, 4) is 0 Å². The molecule has 28 heavy (non-hydrogen) atoms. The molecule has 0 aromatic heterocycles. The monoisotopic (exact) mass is 423 g/mol. The Kier molecular flexibility index (Phi) is 6.87. The number of halogens is 1. The van der Waals surface area contributed by atoms with E-state index in [1.807, 2.05) is 6.07 Å². The zero-order chi connectivity index (χ0) is 20.1. The van der Waals surface area contributed by atoms with Crippen molar-refractivity contribution in [2.75, 3.05) is 38.5 Å². The second kappa shape index (κ2) is 9.17. The van der Waals surface area contributed by atoms with Crippen molar-refractivity contribution in [1.82, 2.24) is 4.31 Å². The van der Waals surface area contributed by atoms with Crippen molar-refractivity contribution in [2.45, 2.75) is 16.7 Å². The van der Waals surface area contributed by atoms with Crippen molar-refractivity contribution in [3.63, 3.8) is 0 Å². The quantitative estimate of drug-likeness (QED) is 0.544. The molecule has 0 saturated carbocycles. The van der Waals surface area contributed by atoms with Crippen LogP contribution < -0.4 is 4.90 Å². The standard InChI is InChI=1S/C20H23FN2O3S2/c1-16(24)17-6-8-18(9-7-17)28(25,26)23-12-10-22(11-13-23)14-15-27-20-5-3-2-4-19(20)21/h2-9H,10-15H2,1H3/p+1. The van der Waals surface area contributed by atoms with E-state index < -0.39 is 10.0 Å². The van der Waals surface area contributed by atoms with Crippen LogP contribution in [0.5, 0.6) is 0 Å². The van der Waals surface area contributed by atoms with Gasteiger partial charge in [0.1, 0.15) is 5.82 Å². The van der Waals surface area contributed by atoms with Gasteiger partial charge in [-0.2, -0.15) is 4.31 Å². The summed E-state index contributed by atoms with van der Waals surface area (Å²) in [5.74, 6) is 0.499. The molecule has 1 N–H and O–H groups in total. The topological polar surface area (TPSA) is 58.9 Å². The molecule has 1 heterocycles. The summed E-state index contributed by atoms with van der Waals surface area (Å²) in [6.07, 6.45) is 0. The number of rotatable bonds is 7. The Morgan fingerprint density at radius 3 is 2.36 bits per heavy atom. The Morgan fingerprint density at radius 1 is 1.11 bits per heavy atom. The number of ketones is 1. The van der Waals surface area contributed by atoms with E-state index in [4.69, 9.17) is 0 Å². The van der Waals surface area contributed by atoms with Crippen LogP contribution in [0.4, 0.5) is 4.39 Å². The van der Waals surface area contributed by atoms with Crippen LogP contribution in [0.1, 0.15) is 17.3 Å². The number of nitrogens with zero attached hydrogens (tertiary/aromatic N) is 1. The molecule has 0 aliphatic carbocycles. The minimum atomic E-state index is -3.54. The molecular weight excluding hydrogens is 399 g/mol. The van der Waals surface area contributed by atoms with Gasteiger partial charge in [0.25, 0.3) is 0 Å². The van der Waals surface area contributed by atoms with E-state index in [1.165, 1.54) is 46.1 Å². The van der Waals surface area contributed by atoms with Crippen molar-refractivity contribution in [2.24, 2.45) is 0 Å². The molecule has 0 atom stereocenters. The van der Waals surface area contributed by atoms with Crippen LogP contribution in [0.25, 0.3) is 0 Å². The lowest BCUT2D eigenvalue weighted by Crippen LogP contribution is -3.15. The van der Waals surface area contributed by atoms with Crippen LogP contribution in [-0.2, 0) is 10.0 Å². The summed E-state index contributed by atoms with van der Waals surface area (Å²) in [6, 6.07) is 12.8. The first-order chi connectivity index (χ1) is 13.4. The van der Waals surface area contributed by atoms with E-state index in [0.29, 0.717) is 23.5 Å². The normalized spacial score (nSPS) is 16.2. The largest absolute Gasteiger partial charge is 0.332 e. The highest BCUT2D eigenvalue weighted by Crippen LogP contribution is 2.20. The molecule has 8 heteroatoms. The van der Waals surface area contributed by atoms with Gasteiger partial charge in [0.2, 0.25) is 10.0 Å². The third-order valence-electron chi connectivity index (χ3n) is 4.88. The molecule has 5 nitrogen and oxygen atoms in total. The maximum Gasteiger partial charge on any atom is 0.243 e. The molecule has 1 saturated heterocycles. The van der Waals surface area contributed by atoms with Crippen LogP contribution in [-0.4, -0.2) is 57.0 Å². The molecule has 2 aromatic rings. The predicted octanol–water partition coefficient (Wildman–Crippen LogP) is 1.71. The predicted molar refractivity (Wildman–Crippen MR) is 108 cm³/mol. The van der Waals surface area contributed by atoms with Gasteiger partial charge in [-0.05, 0) is 31.2 Å². The van der Waals surface area contributed by atoms with Crippen LogP contribution >= 0.6 is 11.8 Å². The average Bonchev–Trinajstić information content (AvgIpc) is 2.70. The number of quaternary nitrogens is 1. The summed E-state index contributed by atoms with van der Waals surface area (Å²) in [5, 5.41) is 0. The van der Waals surface area contributed by atoms with E-state index in [1.54, 1.807) is 24.3 Å². The smallest absolute Gasteiger partial charge is 0.243 e. The molecular formula is C20H24FN2O3S2+. The molecule has 0 radical (unpaired) electrons. The third-order valence-corrected chi connectivity index (χ3v) is 7.84. The Hall–Kier alpha value is -1.74. The first-order valence-corrected chi connectivity index (χ1v) is 11.6. The summed E-state index contributed by atoms with van der Waals surface area (Å²) >= 11 is 1.49. The highest BCUT2D eigenvalue weighted by molar-refractivity contribution is 7.99. The zero-order valence-corrected chi connectivity index (χ0v) is 17.4. The summed E-state index contributed by atoms with van der Waals surface area (Å²) in [7, 11) is -3.54. The van der Waals surface area contributed by atoms with Gasteiger partial charge >= 0.3 is 0 Å². The maximum absolute atomic E-state index is 13.6. The number of sulfonamides is 1. The van der Waals surface area contributed by atoms with Crippen LogP contribution in [0, 0.1) is 5.82 Å².